The zero-order valence-corrected chi connectivity index (χ0v) is 9.59. The van der Waals surface area contributed by atoms with Crippen LogP contribution in [-0.2, 0) is 0 Å². The van der Waals surface area contributed by atoms with Crippen molar-refractivity contribution in [1.29, 1.82) is 0 Å². The van der Waals surface area contributed by atoms with Crippen LogP contribution in [-0.4, -0.2) is 15.1 Å². The molecule has 0 saturated heterocycles. The number of nitro groups is 1. The number of hydrogen-bond acceptors (Lipinski definition) is 6. The van der Waals surface area contributed by atoms with Gasteiger partial charge in [-0.15, -0.1) is 5.11 Å². The number of nitrogens with zero attached hydrogens (tertiary/aromatic N) is 3. The predicted molar refractivity (Wildman–Crippen MR) is 67.0 cm³/mol. The molecule has 96 valence electrons. The standard InChI is InChI=1S/C12H9N3O4/c16-10-2-1-3-11(17)12(10)14-13-8-4-6-9(7-5-8)15(18)19/h1-7,16-17H. The molecule has 2 aromatic rings. The van der Waals surface area contributed by atoms with Crippen molar-refractivity contribution in [2.24, 2.45) is 10.2 Å². The summed E-state index contributed by atoms with van der Waals surface area (Å²) in [6, 6.07) is 9.61. The Hall–Kier alpha value is -2.96. The molecule has 0 atom stereocenters. The third-order valence-electron chi connectivity index (χ3n) is 2.32. The number of nitro benzene ring substituents is 1. The van der Waals surface area contributed by atoms with Gasteiger partial charge < -0.3 is 10.2 Å². The summed E-state index contributed by atoms with van der Waals surface area (Å²) in [5, 5.41) is 36.9. The Bertz CT molecular complexity index is 618. The first kappa shape index (κ1) is 12.5. The topological polar surface area (TPSA) is 108 Å². The van der Waals surface area contributed by atoms with E-state index in [1.54, 1.807) is 0 Å². The summed E-state index contributed by atoms with van der Waals surface area (Å²) in [6.07, 6.45) is 0. The Morgan fingerprint density at radius 1 is 0.947 bits per heavy atom. The van der Waals surface area contributed by atoms with Crippen molar-refractivity contribution in [1.82, 2.24) is 0 Å². The second kappa shape index (κ2) is 5.13. The molecule has 0 heterocycles. The zero-order chi connectivity index (χ0) is 13.8. The summed E-state index contributed by atoms with van der Waals surface area (Å²) in [5.74, 6) is -0.406. The number of azo groups is 1. The molecule has 0 bridgehead atoms. The van der Waals surface area contributed by atoms with Crippen LogP contribution in [0.1, 0.15) is 0 Å². The molecular weight excluding hydrogens is 250 g/mol. The van der Waals surface area contributed by atoms with Gasteiger partial charge in [-0.25, -0.2) is 0 Å². The average molecular weight is 259 g/mol. The van der Waals surface area contributed by atoms with Crippen LogP contribution in [0.15, 0.2) is 52.7 Å². The minimum absolute atomic E-state index is 0.0515. The molecule has 19 heavy (non-hydrogen) atoms. The van der Waals surface area contributed by atoms with Crippen LogP contribution < -0.4 is 0 Å². The molecule has 0 fully saturated rings. The lowest BCUT2D eigenvalue weighted by atomic mass is 10.3. The van der Waals surface area contributed by atoms with E-state index in [1.165, 1.54) is 42.5 Å². The maximum atomic E-state index is 10.5. The first-order chi connectivity index (χ1) is 9.08. The minimum Gasteiger partial charge on any atom is -0.505 e. The number of hydrogen-bond donors (Lipinski definition) is 2. The van der Waals surface area contributed by atoms with Crippen molar-refractivity contribution in [3.63, 3.8) is 0 Å². The molecule has 0 spiro atoms. The molecule has 2 rings (SSSR count). The van der Waals surface area contributed by atoms with Crippen LogP contribution in [0.5, 0.6) is 11.5 Å². The Morgan fingerprint density at radius 2 is 1.53 bits per heavy atom. The van der Waals surface area contributed by atoms with E-state index >= 15 is 0 Å². The lowest BCUT2D eigenvalue weighted by Gasteiger charge is -1.99. The van der Waals surface area contributed by atoms with Crippen LogP contribution in [0.3, 0.4) is 0 Å². The molecule has 2 aromatic carbocycles. The van der Waals surface area contributed by atoms with Crippen LogP contribution in [0, 0.1) is 10.1 Å². The fourth-order valence-corrected chi connectivity index (χ4v) is 1.37. The number of rotatable bonds is 3. The molecule has 0 saturated carbocycles. The highest BCUT2D eigenvalue weighted by Gasteiger charge is 2.06. The summed E-state index contributed by atoms with van der Waals surface area (Å²) >= 11 is 0. The van der Waals surface area contributed by atoms with E-state index < -0.39 is 4.92 Å². The first-order valence-corrected chi connectivity index (χ1v) is 5.25. The van der Waals surface area contributed by atoms with Crippen LogP contribution in [0.2, 0.25) is 0 Å². The lowest BCUT2D eigenvalue weighted by Crippen LogP contribution is -1.85. The van der Waals surface area contributed by atoms with E-state index in [9.17, 15) is 20.3 Å². The van der Waals surface area contributed by atoms with Crippen molar-refractivity contribution in [2.75, 3.05) is 0 Å². The van der Waals surface area contributed by atoms with Gasteiger partial charge in [0.25, 0.3) is 5.69 Å². The third kappa shape index (κ3) is 2.83. The molecule has 0 aromatic heterocycles. The number of aromatic hydroxyl groups is 2. The van der Waals surface area contributed by atoms with Crippen LogP contribution >= 0.6 is 0 Å². The Balaban J connectivity index is 2.25. The Kier molecular flexibility index (Phi) is 3.37. The van der Waals surface area contributed by atoms with Crippen molar-refractivity contribution >= 4 is 17.1 Å². The van der Waals surface area contributed by atoms with Gasteiger partial charge in [-0.3, -0.25) is 10.1 Å². The molecule has 0 radical (unpaired) electrons. The number of phenolic OH excluding ortho intramolecular Hbond substituents is 2. The second-order valence-corrected chi connectivity index (χ2v) is 3.62. The van der Waals surface area contributed by atoms with E-state index in [-0.39, 0.29) is 22.9 Å². The van der Waals surface area contributed by atoms with E-state index in [1.807, 2.05) is 0 Å². The molecule has 0 unspecified atom stereocenters. The van der Waals surface area contributed by atoms with Gasteiger partial charge in [-0.1, -0.05) is 6.07 Å². The highest BCUT2D eigenvalue weighted by molar-refractivity contribution is 5.60. The summed E-state index contributed by atoms with van der Waals surface area (Å²) in [5.41, 5.74) is 0.262. The summed E-state index contributed by atoms with van der Waals surface area (Å²) in [4.78, 5) is 9.95. The molecular formula is C12H9N3O4. The smallest absolute Gasteiger partial charge is 0.269 e. The minimum atomic E-state index is -0.518. The van der Waals surface area contributed by atoms with Crippen LogP contribution in [0.25, 0.3) is 0 Å². The SMILES string of the molecule is O=[N+]([O-])c1ccc(N=Nc2c(O)cccc2O)cc1. The van der Waals surface area contributed by atoms with Gasteiger partial charge in [-0.2, -0.15) is 5.11 Å². The van der Waals surface area contributed by atoms with Gasteiger partial charge >= 0.3 is 0 Å². The molecule has 7 heteroatoms. The number of phenols is 2. The predicted octanol–water partition coefficient (Wildman–Crippen LogP) is 3.42. The van der Waals surface area contributed by atoms with Crippen molar-refractivity contribution in [3.05, 3.63) is 52.6 Å². The van der Waals surface area contributed by atoms with E-state index in [0.29, 0.717) is 5.69 Å². The molecule has 0 amide bonds. The Morgan fingerprint density at radius 3 is 2.05 bits per heavy atom. The number of benzene rings is 2. The summed E-state index contributed by atoms with van der Waals surface area (Å²) < 4.78 is 0. The average Bonchev–Trinajstić information content (AvgIpc) is 2.38. The fourth-order valence-electron chi connectivity index (χ4n) is 1.37. The van der Waals surface area contributed by atoms with Gasteiger partial charge in [0.15, 0.2) is 5.69 Å². The number of non-ortho nitro benzene ring substituents is 1. The third-order valence-corrected chi connectivity index (χ3v) is 2.32. The van der Waals surface area contributed by atoms with Crippen molar-refractivity contribution < 1.29 is 15.1 Å². The van der Waals surface area contributed by atoms with Gasteiger partial charge in [0.1, 0.15) is 11.5 Å². The van der Waals surface area contributed by atoms with Gasteiger partial charge in [0.05, 0.1) is 10.6 Å². The highest BCUT2D eigenvalue weighted by atomic mass is 16.6. The van der Waals surface area contributed by atoms with Crippen molar-refractivity contribution in [3.8, 4) is 11.5 Å². The highest BCUT2D eigenvalue weighted by Crippen LogP contribution is 2.36. The summed E-state index contributed by atoms with van der Waals surface area (Å²) in [6.45, 7) is 0. The lowest BCUT2D eigenvalue weighted by molar-refractivity contribution is -0.384. The maximum absolute atomic E-state index is 10.5. The quantitative estimate of drug-likeness (QED) is 0.500. The fraction of sp³-hybridized carbons (Fsp3) is 0. The van der Waals surface area contributed by atoms with Gasteiger partial charge in [0.2, 0.25) is 0 Å². The largest absolute Gasteiger partial charge is 0.505 e. The normalized spacial score (nSPS) is 10.7. The van der Waals surface area contributed by atoms with E-state index in [4.69, 9.17) is 0 Å². The van der Waals surface area contributed by atoms with Gasteiger partial charge in [0, 0.05) is 12.1 Å². The molecule has 0 aliphatic carbocycles. The Labute approximate surface area is 107 Å². The molecule has 2 N–H and O–H groups in total. The summed E-state index contributed by atoms with van der Waals surface area (Å²) in [7, 11) is 0. The maximum Gasteiger partial charge on any atom is 0.269 e. The molecule has 0 aliphatic heterocycles. The van der Waals surface area contributed by atoms with E-state index in [2.05, 4.69) is 10.2 Å². The van der Waals surface area contributed by atoms with Crippen LogP contribution in [0.4, 0.5) is 17.1 Å². The van der Waals surface area contributed by atoms with Crippen molar-refractivity contribution in [2.45, 2.75) is 0 Å². The van der Waals surface area contributed by atoms with E-state index in [0.717, 1.165) is 0 Å². The molecule has 7 nitrogen and oxygen atoms in total. The monoisotopic (exact) mass is 259 g/mol. The second-order valence-electron chi connectivity index (χ2n) is 3.62. The molecule has 0 aliphatic rings. The van der Waals surface area contributed by atoms with Gasteiger partial charge in [-0.05, 0) is 24.3 Å². The first-order valence-electron chi connectivity index (χ1n) is 5.25. The zero-order valence-electron chi connectivity index (χ0n) is 9.59.